The number of likely N-dealkylation sites (tertiary alicyclic amines) is 1. The summed E-state index contributed by atoms with van der Waals surface area (Å²) >= 11 is 0. The first-order chi connectivity index (χ1) is 11.0. The number of piperidine rings is 1. The van der Waals surface area contributed by atoms with Crippen LogP contribution in [0.5, 0.6) is 0 Å². The van der Waals surface area contributed by atoms with Crippen molar-refractivity contribution in [2.75, 3.05) is 19.6 Å². The minimum Gasteiger partial charge on any atom is -0.300 e. The summed E-state index contributed by atoms with van der Waals surface area (Å²) < 4.78 is 27.6. The molecular formula is C18H28N2O2S. The van der Waals surface area contributed by atoms with E-state index < -0.39 is 10.0 Å². The molecule has 0 radical (unpaired) electrons. The highest BCUT2D eigenvalue weighted by Crippen LogP contribution is 2.27. The highest BCUT2D eigenvalue weighted by molar-refractivity contribution is 7.89. The quantitative estimate of drug-likeness (QED) is 0.899. The lowest BCUT2D eigenvalue weighted by atomic mass is 9.96. The minimum atomic E-state index is -3.37. The van der Waals surface area contributed by atoms with E-state index in [0.717, 1.165) is 37.5 Å². The Morgan fingerprint density at radius 1 is 1.13 bits per heavy atom. The van der Waals surface area contributed by atoms with E-state index in [1.165, 1.54) is 25.7 Å². The van der Waals surface area contributed by atoms with Gasteiger partial charge >= 0.3 is 0 Å². The van der Waals surface area contributed by atoms with E-state index in [4.69, 9.17) is 0 Å². The zero-order chi connectivity index (χ0) is 16.3. The molecule has 5 heteroatoms. The topological polar surface area (TPSA) is 49.4 Å². The van der Waals surface area contributed by atoms with Crippen molar-refractivity contribution in [2.45, 2.75) is 56.4 Å². The Labute approximate surface area is 140 Å². The number of benzene rings is 1. The second-order valence-corrected chi connectivity index (χ2v) is 8.85. The van der Waals surface area contributed by atoms with E-state index in [1.807, 2.05) is 13.0 Å². The molecule has 1 heterocycles. The van der Waals surface area contributed by atoms with Gasteiger partial charge in [-0.05, 0) is 69.3 Å². The summed E-state index contributed by atoms with van der Waals surface area (Å²) in [6, 6.07) is 7.89. The van der Waals surface area contributed by atoms with Crippen molar-refractivity contribution in [1.82, 2.24) is 9.62 Å². The lowest BCUT2D eigenvalue weighted by molar-refractivity contribution is 0.135. The Kier molecular flexibility index (Phi) is 5.39. The van der Waals surface area contributed by atoms with Crippen LogP contribution in [0.25, 0.3) is 0 Å². The van der Waals surface area contributed by atoms with Crippen LogP contribution in [0.15, 0.2) is 29.2 Å². The van der Waals surface area contributed by atoms with Gasteiger partial charge in [0.2, 0.25) is 10.0 Å². The van der Waals surface area contributed by atoms with Crippen LogP contribution >= 0.6 is 0 Å². The Hall–Kier alpha value is -0.910. The molecule has 0 amide bonds. The van der Waals surface area contributed by atoms with E-state index >= 15 is 0 Å². The SMILES string of the molecule is Cc1cccc(S(=O)(=O)NCC2CCN(C3CCCC3)CC2)c1. The molecule has 1 N–H and O–H groups in total. The van der Waals surface area contributed by atoms with Gasteiger partial charge in [-0.1, -0.05) is 25.0 Å². The van der Waals surface area contributed by atoms with Gasteiger partial charge in [0.05, 0.1) is 4.90 Å². The van der Waals surface area contributed by atoms with Crippen molar-refractivity contribution in [1.29, 1.82) is 0 Å². The number of sulfonamides is 1. The molecule has 1 aliphatic carbocycles. The molecule has 0 aromatic heterocycles. The maximum atomic E-state index is 12.4. The third kappa shape index (κ3) is 4.34. The first-order valence-corrected chi connectivity index (χ1v) is 10.3. The van der Waals surface area contributed by atoms with Crippen molar-refractivity contribution < 1.29 is 8.42 Å². The van der Waals surface area contributed by atoms with Crippen molar-refractivity contribution in [2.24, 2.45) is 5.92 Å². The number of nitrogens with one attached hydrogen (secondary N) is 1. The van der Waals surface area contributed by atoms with E-state index in [9.17, 15) is 8.42 Å². The van der Waals surface area contributed by atoms with Gasteiger partial charge in [0.1, 0.15) is 0 Å². The van der Waals surface area contributed by atoms with Crippen molar-refractivity contribution in [3.8, 4) is 0 Å². The van der Waals surface area contributed by atoms with Crippen LogP contribution in [0.1, 0.15) is 44.1 Å². The summed E-state index contributed by atoms with van der Waals surface area (Å²) in [4.78, 5) is 3.00. The monoisotopic (exact) mass is 336 g/mol. The van der Waals surface area contributed by atoms with Gasteiger partial charge in [-0.2, -0.15) is 0 Å². The van der Waals surface area contributed by atoms with Crippen LogP contribution in [0, 0.1) is 12.8 Å². The van der Waals surface area contributed by atoms with Gasteiger partial charge in [0.25, 0.3) is 0 Å². The minimum absolute atomic E-state index is 0.376. The standard InChI is InChI=1S/C18H28N2O2S/c1-15-5-4-8-18(13-15)23(21,22)19-14-16-9-11-20(12-10-16)17-6-2-3-7-17/h4-5,8,13,16-17,19H,2-3,6-7,9-12,14H2,1H3. The molecule has 2 fully saturated rings. The molecular weight excluding hydrogens is 308 g/mol. The average Bonchev–Trinajstić information content (AvgIpc) is 3.08. The van der Waals surface area contributed by atoms with Crippen LogP contribution in [-0.4, -0.2) is 39.0 Å². The van der Waals surface area contributed by atoms with Crippen LogP contribution in [0.3, 0.4) is 0 Å². The summed E-state index contributed by atoms with van der Waals surface area (Å²) in [6.07, 6.45) is 7.66. The maximum Gasteiger partial charge on any atom is 0.240 e. The first kappa shape index (κ1) is 16.9. The largest absolute Gasteiger partial charge is 0.300 e. The van der Waals surface area contributed by atoms with Crippen LogP contribution < -0.4 is 4.72 Å². The molecule has 3 rings (SSSR count). The fourth-order valence-electron chi connectivity index (χ4n) is 3.89. The van der Waals surface area contributed by atoms with Crippen molar-refractivity contribution >= 4 is 10.0 Å². The highest BCUT2D eigenvalue weighted by Gasteiger charge is 2.27. The van der Waals surface area contributed by atoms with E-state index in [1.54, 1.807) is 18.2 Å². The zero-order valence-corrected chi connectivity index (χ0v) is 14.8. The summed E-state index contributed by atoms with van der Waals surface area (Å²) in [5.41, 5.74) is 0.970. The Balaban J connectivity index is 1.49. The number of hydrogen-bond donors (Lipinski definition) is 1. The normalized spacial score (nSPS) is 21.8. The molecule has 4 nitrogen and oxygen atoms in total. The van der Waals surface area contributed by atoms with E-state index in [-0.39, 0.29) is 0 Å². The molecule has 0 bridgehead atoms. The van der Waals surface area contributed by atoms with E-state index in [0.29, 0.717) is 17.4 Å². The van der Waals surface area contributed by atoms with Gasteiger partial charge < -0.3 is 4.90 Å². The van der Waals surface area contributed by atoms with Crippen LogP contribution in [0.2, 0.25) is 0 Å². The molecule has 0 atom stereocenters. The summed E-state index contributed by atoms with van der Waals surface area (Å²) in [6.45, 7) is 4.73. The lowest BCUT2D eigenvalue weighted by Gasteiger charge is -2.36. The van der Waals surface area contributed by atoms with Crippen molar-refractivity contribution in [3.05, 3.63) is 29.8 Å². The molecule has 1 aliphatic heterocycles. The fourth-order valence-corrected chi connectivity index (χ4v) is 5.11. The zero-order valence-electron chi connectivity index (χ0n) is 14.0. The predicted molar refractivity (Wildman–Crippen MR) is 92.9 cm³/mol. The third-order valence-corrected chi connectivity index (χ3v) is 6.77. The second-order valence-electron chi connectivity index (χ2n) is 7.09. The fraction of sp³-hybridized carbons (Fsp3) is 0.667. The lowest BCUT2D eigenvalue weighted by Crippen LogP contribution is -2.42. The number of nitrogens with zero attached hydrogens (tertiary/aromatic N) is 1. The maximum absolute atomic E-state index is 12.4. The number of rotatable bonds is 5. The molecule has 1 aromatic rings. The Morgan fingerprint density at radius 3 is 2.48 bits per heavy atom. The highest BCUT2D eigenvalue weighted by atomic mass is 32.2. The average molecular weight is 337 g/mol. The number of hydrogen-bond acceptors (Lipinski definition) is 3. The smallest absolute Gasteiger partial charge is 0.240 e. The molecule has 1 saturated carbocycles. The molecule has 0 unspecified atom stereocenters. The summed E-state index contributed by atoms with van der Waals surface area (Å²) in [5, 5.41) is 0. The Morgan fingerprint density at radius 2 is 1.83 bits per heavy atom. The van der Waals surface area contributed by atoms with Gasteiger partial charge in [0.15, 0.2) is 0 Å². The van der Waals surface area contributed by atoms with Crippen LogP contribution in [-0.2, 0) is 10.0 Å². The summed E-state index contributed by atoms with van der Waals surface area (Å²) in [5.74, 6) is 0.465. The molecule has 0 spiro atoms. The third-order valence-electron chi connectivity index (χ3n) is 5.35. The Bertz CT molecular complexity index is 616. The van der Waals surface area contributed by atoms with Crippen molar-refractivity contribution in [3.63, 3.8) is 0 Å². The van der Waals surface area contributed by atoms with E-state index in [2.05, 4.69) is 9.62 Å². The second kappa shape index (κ2) is 7.32. The molecule has 2 aliphatic rings. The van der Waals surface area contributed by atoms with Gasteiger partial charge in [-0.15, -0.1) is 0 Å². The molecule has 1 saturated heterocycles. The first-order valence-electron chi connectivity index (χ1n) is 8.85. The van der Waals surface area contributed by atoms with Gasteiger partial charge in [-0.25, -0.2) is 13.1 Å². The predicted octanol–water partition coefficient (Wildman–Crippen LogP) is 2.93. The molecule has 23 heavy (non-hydrogen) atoms. The van der Waals surface area contributed by atoms with Crippen LogP contribution in [0.4, 0.5) is 0 Å². The van der Waals surface area contributed by atoms with Gasteiger partial charge in [-0.3, -0.25) is 0 Å². The number of aryl methyl sites for hydroxylation is 1. The molecule has 128 valence electrons. The van der Waals surface area contributed by atoms with Gasteiger partial charge in [0, 0.05) is 12.6 Å². The molecule has 1 aromatic carbocycles. The summed E-state index contributed by atoms with van der Waals surface area (Å²) in [7, 11) is -3.37.